The molecule has 0 aromatic rings. The van der Waals surface area contributed by atoms with Gasteiger partial charge in [-0.05, 0) is 32.8 Å². The molecule has 1 aliphatic heterocycles. The van der Waals surface area contributed by atoms with Crippen molar-refractivity contribution in [3.05, 3.63) is 11.4 Å². The second-order valence-electron chi connectivity index (χ2n) is 4.12. The van der Waals surface area contributed by atoms with E-state index in [1.807, 2.05) is 0 Å². The molecule has 0 atom stereocenters. The molecule has 0 aromatic heterocycles. The van der Waals surface area contributed by atoms with Crippen molar-refractivity contribution in [2.45, 2.75) is 39.7 Å². The van der Waals surface area contributed by atoms with Crippen LogP contribution in [0.2, 0.25) is 0 Å². The summed E-state index contributed by atoms with van der Waals surface area (Å²) in [5, 5.41) is 5.22. The van der Waals surface area contributed by atoms with Crippen LogP contribution in [0.1, 0.15) is 34.1 Å². The Balaban J connectivity index is 2.83. The molecule has 3 N–H and O–H groups in total. The van der Waals surface area contributed by atoms with Crippen LogP contribution in [0.4, 0.5) is 0 Å². The molecule has 0 bridgehead atoms. The Hall–Kier alpha value is -0.700. The molecule has 0 spiro atoms. The number of hydrazine groups is 1. The smallest absolute Gasteiger partial charge is 0.115 e. The van der Waals surface area contributed by atoms with E-state index in [0.29, 0.717) is 0 Å². The second kappa shape index (κ2) is 2.98. The van der Waals surface area contributed by atoms with Crippen LogP contribution in [0.3, 0.4) is 0 Å². The monoisotopic (exact) mass is 169 g/mol. The zero-order valence-electron chi connectivity index (χ0n) is 8.44. The van der Waals surface area contributed by atoms with Gasteiger partial charge in [0.15, 0.2) is 0 Å². The van der Waals surface area contributed by atoms with E-state index < -0.39 is 0 Å². The average Bonchev–Trinajstić information content (AvgIpc) is 2.23. The van der Waals surface area contributed by atoms with Crippen LogP contribution in [0.25, 0.3) is 0 Å². The molecule has 0 amide bonds. The van der Waals surface area contributed by atoms with Gasteiger partial charge in [-0.15, -0.1) is 0 Å². The number of nitrogens with one attached hydrogen (secondary N) is 1. The molecule has 0 saturated carbocycles. The van der Waals surface area contributed by atoms with E-state index in [1.54, 1.807) is 5.01 Å². The van der Waals surface area contributed by atoms with Gasteiger partial charge in [-0.25, -0.2) is 5.84 Å². The first-order chi connectivity index (χ1) is 5.46. The fourth-order valence-electron chi connectivity index (χ4n) is 1.46. The lowest BCUT2D eigenvalue weighted by molar-refractivity contribution is 0.366. The number of allylic oxidation sites excluding steroid dienone is 1. The van der Waals surface area contributed by atoms with Gasteiger partial charge in [0.05, 0.1) is 12.1 Å². The highest BCUT2D eigenvalue weighted by atomic mass is 15.5. The third-order valence-corrected chi connectivity index (χ3v) is 2.24. The lowest BCUT2D eigenvalue weighted by Crippen LogP contribution is -2.35. The molecule has 1 fully saturated rings. The first kappa shape index (κ1) is 9.39. The SMILES string of the molecule is CC/C(C)=C1/NC(C)(C)CN1N. The summed E-state index contributed by atoms with van der Waals surface area (Å²) in [5.41, 5.74) is 1.43. The van der Waals surface area contributed by atoms with Crippen LogP contribution in [0.15, 0.2) is 11.4 Å². The zero-order chi connectivity index (χ0) is 9.35. The van der Waals surface area contributed by atoms with E-state index >= 15 is 0 Å². The van der Waals surface area contributed by atoms with Gasteiger partial charge in [-0.1, -0.05) is 6.92 Å². The summed E-state index contributed by atoms with van der Waals surface area (Å²) in [6.07, 6.45) is 1.05. The summed E-state index contributed by atoms with van der Waals surface area (Å²) in [7, 11) is 0. The molecule has 0 aliphatic carbocycles. The first-order valence-electron chi connectivity index (χ1n) is 4.46. The van der Waals surface area contributed by atoms with E-state index in [0.717, 1.165) is 18.8 Å². The minimum absolute atomic E-state index is 0.112. The second-order valence-corrected chi connectivity index (χ2v) is 4.12. The van der Waals surface area contributed by atoms with Gasteiger partial charge in [0.25, 0.3) is 0 Å². The summed E-state index contributed by atoms with van der Waals surface area (Å²) >= 11 is 0. The van der Waals surface area contributed by atoms with Crippen LogP contribution < -0.4 is 11.2 Å². The van der Waals surface area contributed by atoms with Crippen molar-refractivity contribution in [1.29, 1.82) is 0 Å². The number of nitrogens with zero attached hydrogens (tertiary/aromatic N) is 1. The van der Waals surface area contributed by atoms with E-state index in [-0.39, 0.29) is 5.54 Å². The lowest BCUT2D eigenvalue weighted by Gasteiger charge is -2.15. The normalized spacial score (nSPS) is 25.6. The van der Waals surface area contributed by atoms with Crippen molar-refractivity contribution in [2.24, 2.45) is 5.84 Å². The van der Waals surface area contributed by atoms with Crippen molar-refractivity contribution in [1.82, 2.24) is 10.3 Å². The van der Waals surface area contributed by atoms with Gasteiger partial charge in [0.1, 0.15) is 5.82 Å². The molecule has 1 heterocycles. The zero-order valence-corrected chi connectivity index (χ0v) is 8.44. The third-order valence-electron chi connectivity index (χ3n) is 2.24. The first-order valence-corrected chi connectivity index (χ1v) is 4.46. The van der Waals surface area contributed by atoms with Crippen molar-refractivity contribution in [3.8, 4) is 0 Å². The maximum absolute atomic E-state index is 5.84. The Morgan fingerprint density at radius 1 is 1.67 bits per heavy atom. The lowest BCUT2D eigenvalue weighted by atomic mass is 10.1. The number of hydrogen-bond acceptors (Lipinski definition) is 3. The predicted molar refractivity (Wildman–Crippen MR) is 51.1 cm³/mol. The molecule has 0 unspecified atom stereocenters. The Morgan fingerprint density at radius 3 is 2.58 bits per heavy atom. The average molecular weight is 169 g/mol. The Labute approximate surface area is 74.6 Å². The van der Waals surface area contributed by atoms with Crippen molar-refractivity contribution >= 4 is 0 Å². The Bertz CT molecular complexity index is 206. The molecule has 1 aliphatic rings. The molecule has 0 radical (unpaired) electrons. The van der Waals surface area contributed by atoms with Gasteiger partial charge in [0, 0.05) is 0 Å². The van der Waals surface area contributed by atoms with Crippen LogP contribution in [0, 0.1) is 0 Å². The van der Waals surface area contributed by atoms with Crippen LogP contribution in [-0.2, 0) is 0 Å². The maximum atomic E-state index is 5.84. The molecule has 1 saturated heterocycles. The van der Waals surface area contributed by atoms with E-state index in [1.165, 1.54) is 5.57 Å². The van der Waals surface area contributed by atoms with Crippen molar-refractivity contribution in [3.63, 3.8) is 0 Å². The van der Waals surface area contributed by atoms with Gasteiger partial charge in [-0.2, -0.15) is 0 Å². The van der Waals surface area contributed by atoms with E-state index in [9.17, 15) is 0 Å². The Kier molecular flexibility index (Phi) is 2.33. The molecule has 70 valence electrons. The van der Waals surface area contributed by atoms with E-state index in [4.69, 9.17) is 5.84 Å². The van der Waals surface area contributed by atoms with Gasteiger partial charge in [-0.3, -0.25) is 5.01 Å². The van der Waals surface area contributed by atoms with Crippen molar-refractivity contribution in [2.75, 3.05) is 6.54 Å². The van der Waals surface area contributed by atoms with Crippen LogP contribution in [0.5, 0.6) is 0 Å². The third kappa shape index (κ3) is 1.72. The summed E-state index contributed by atoms with van der Waals surface area (Å²) in [5.74, 6) is 6.94. The molecule has 3 nitrogen and oxygen atoms in total. The van der Waals surface area contributed by atoms with Crippen LogP contribution in [-0.4, -0.2) is 17.1 Å². The fourth-order valence-corrected chi connectivity index (χ4v) is 1.46. The topological polar surface area (TPSA) is 41.3 Å². The molecular weight excluding hydrogens is 150 g/mol. The van der Waals surface area contributed by atoms with Gasteiger partial charge >= 0.3 is 0 Å². The summed E-state index contributed by atoms with van der Waals surface area (Å²) in [6, 6.07) is 0. The highest BCUT2D eigenvalue weighted by Crippen LogP contribution is 2.20. The van der Waals surface area contributed by atoms with E-state index in [2.05, 4.69) is 33.0 Å². The standard InChI is InChI=1S/C9H19N3/c1-5-7(2)8-11-9(3,4)6-12(8)10/h11H,5-6,10H2,1-4H3/b8-7-. The van der Waals surface area contributed by atoms with Crippen molar-refractivity contribution < 1.29 is 0 Å². The quantitative estimate of drug-likeness (QED) is 0.579. The maximum Gasteiger partial charge on any atom is 0.115 e. The number of rotatable bonds is 1. The Morgan fingerprint density at radius 2 is 2.25 bits per heavy atom. The minimum atomic E-state index is 0.112. The molecule has 1 rings (SSSR count). The fraction of sp³-hybridized carbons (Fsp3) is 0.778. The highest BCUT2D eigenvalue weighted by molar-refractivity contribution is 5.16. The molecule has 12 heavy (non-hydrogen) atoms. The minimum Gasteiger partial charge on any atom is -0.364 e. The number of nitrogens with two attached hydrogens (primary N) is 1. The predicted octanol–water partition coefficient (Wildman–Crippen LogP) is 1.19. The largest absolute Gasteiger partial charge is 0.364 e. The van der Waals surface area contributed by atoms with Crippen LogP contribution >= 0.6 is 0 Å². The summed E-state index contributed by atoms with van der Waals surface area (Å²) < 4.78 is 0. The molecule has 0 aromatic carbocycles. The highest BCUT2D eigenvalue weighted by Gasteiger charge is 2.30. The summed E-state index contributed by atoms with van der Waals surface area (Å²) in [4.78, 5) is 0. The molecular formula is C9H19N3. The number of hydrogen-bond donors (Lipinski definition) is 2. The molecule has 3 heteroatoms. The van der Waals surface area contributed by atoms with Gasteiger partial charge in [0.2, 0.25) is 0 Å². The van der Waals surface area contributed by atoms with Gasteiger partial charge < -0.3 is 5.32 Å². The summed E-state index contributed by atoms with van der Waals surface area (Å²) in [6.45, 7) is 9.44.